The van der Waals surface area contributed by atoms with Crippen LogP contribution in [0.4, 0.5) is 17.1 Å². The van der Waals surface area contributed by atoms with Gasteiger partial charge in [0.15, 0.2) is 0 Å². The second-order valence-electron chi connectivity index (χ2n) is 6.75. The van der Waals surface area contributed by atoms with E-state index in [1.54, 1.807) is 31.2 Å². The number of hydrogen-bond donors (Lipinski definition) is 2. The quantitative estimate of drug-likeness (QED) is 0.621. The van der Waals surface area contributed by atoms with E-state index in [1.807, 2.05) is 25.1 Å². The summed E-state index contributed by atoms with van der Waals surface area (Å²) in [6.07, 6.45) is 1.26. The van der Waals surface area contributed by atoms with E-state index in [2.05, 4.69) is 26.6 Å². The van der Waals surface area contributed by atoms with Gasteiger partial charge in [-0.1, -0.05) is 18.2 Å². The molecule has 1 aliphatic rings. The minimum Gasteiger partial charge on any atom is -0.466 e. The zero-order chi connectivity index (χ0) is 21.7. The van der Waals surface area contributed by atoms with Crippen LogP contribution in [0.1, 0.15) is 18.9 Å². The molecule has 0 aromatic heterocycles. The lowest BCUT2D eigenvalue weighted by atomic mass is 10.2. The highest BCUT2D eigenvalue weighted by Crippen LogP contribution is 2.31. The Balaban J connectivity index is 1.82. The minimum atomic E-state index is -0.433. The van der Waals surface area contributed by atoms with Gasteiger partial charge in [0.25, 0.3) is 5.91 Å². The molecule has 2 amide bonds. The van der Waals surface area contributed by atoms with Crippen LogP contribution in [0.25, 0.3) is 0 Å². The van der Waals surface area contributed by atoms with Crippen LogP contribution in [0.2, 0.25) is 0 Å². The Bertz CT molecular complexity index is 1020. The average Bonchev–Trinajstić information content (AvgIpc) is 2.81. The molecular formula is C22H22BrN3O4. The SMILES string of the molecule is CCOC(=O)CC1=CC(=O)N(CC(=O)Nc2ccc(C)cc2Br)c2ccccc2N1. The zero-order valence-corrected chi connectivity index (χ0v) is 18.3. The maximum absolute atomic E-state index is 12.9. The number of halogens is 1. The third-order valence-corrected chi connectivity index (χ3v) is 5.05. The molecular weight excluding hydrogens is 450 g/mol. The molecule has 156 valence electrons. The molecule has 0 saturated heterocycles. The third kappa shape index (κ3) is 5.27. The number of fused-ring (bicyclic) bond motifs is 1. The Hall–Kier alpha value is -3.13. The Morgan fingerprint density at radius 3 is 2.70 bits per heavy atom. The number of hydrogen-bond acceptors (Lipinski definition) is 5. The average molecular weight is 472 g/mol. The fourth-order valence-corrected chi connectivity index (χ4v) is 3.64. The molecule has 2 aromatic rings. The van der Waals surface area contributed by atoms with E-state index in [4.69, 9.17) is 4.74 Å². The lowest BCUT2D eigenvalue weighted by molar-refractivity contribution is -0.142. The van der Waals surface area contributed by atoms with E-state index in [1.165, 1.54) is 11.0 Å². The first-order valence-corrected chi connectivity index (χ1v) is 10.3. The summed E-state index contributed by atoms with van der Waals surface area (Å²) in [6.45, 7) is 3.76. The predicted molar refractivity (Wildman–Crippen MR) is 119 cm³/mol. The number of carbonyl (C=O) groups excluding carboxylic acids is 3. The molecule has 30 heavy (non-hydrogen) atoms. The van der Waals surface area contributed by atoms with Gasteiger partial charge in [-0.05, 0) is 59.6 Å². The molecule has 1 aliphatic heterocycles. The number of benzene rings is 2. The van der Waals surface area contributed by atoms with E-state index < -0.39 is 11.9 Å². The van der Waals surface area contributed by atoms with Crippen molar-refractivity contribution in [2.45, 2.75) is 20.3 Å². The number of anilines is 3. The van der Waals surface area contributed by atoms with Gasteiger partial charge in [-0.2, -0.15) is 0 Å². The molecule has 0 spiro atoms. The van der Waals surface area contributed by atoms with Crippen molar-refractivity contribution in [2.75, 3.05) is 28.7 Å². The second-order valence-corrected chi connectivity index (χ2v) is 7.60. The van der Waals surface area contributed by atoms with Gasteiger partial charge in [-0.15, -0.1) is 0 Å². The molecule has 0 bridgehead atoms. The fourth-order valence-electron chi connectivity index (χ4n) is 3.05. The van der Waals surface area contributed by atoms with Crippen LogP contribution >= 0.6 is 15.9 Å². The maximum atomic E-state index is 12.9. The van der Waals surface area contributed by atoms with E-state index in [0.717, 1.165) is 10.0 Å². The number of amides is 2. The van der Waals surface area contributed by atoms with E-state index in [0.29, 0.717) is 22.8 Å². The first-order chi connectivity index (χ1) is 14.4. The largest absolute Gasteiger partial charge is 0.466 e. The number of nitrogens with zero attached hydrogens (tertiary/aromatic N) is 1. The van der Waals surface area contributed by atoms with E-state index in [9.17, 15) is 14.4 Å². The summed E-state index contributed by atoms with van der Waals surface area (Å²) in [5.74, 6) is -1.17. The van der Waals surface area contributed by atoms with Crippen LogP contribution in [0.5, 0.6) is 0 Å². The number of aryl methyl sites for hydroxylation is 1. The number of rotatable bonds is 6. The Labute approximate surface area is 183 Å². The molecule has 0 radical (unpaired) electrons. The first kappa shape index (κ1) is 21.6. The summed E-state index contributed by atoms with van der Waals surface area (Å²) in [7, 11) is 0. The Morgan fingerprint density at radius 1 is 1.20 bits per heavy atom. The molecule has 1 heterocycles. The predicted octanol–water partition coefficient (Wildman–Crippen LogP) is 3.99. The van der Waals surface area contributed by atoms with E-state index in [-0.39, 0.29) is 25.5 Å². The van der Waals surface area contributed by atoms with Crippen molar-refractivity contribution in [3.63, 3.8) is 0 Å². The van der Waals surface area contributed by atoms with E-state index >= 15 is 0 Å². The van der Waals surface area contributed by atoms with Crippen molar-refractivity contribution in [1.29, 1.82) is 0 Å². The van der Waals surface area contributed by atoms with Crippen LogP contribution in [0, 0.1) is 6.92 Å². The molecule has 7 nitrogen and oxygen atoms in total. The van der Waals surface area contributed by atoms with Gasteiger partial charge in [-0.3, -0.25) is 19.3 Å². The van der Waals surface area contributed by atoms with Crippen LogP contribution in [-0.4, -0.2) is 30.9 Å². The highest BCUT2D eigenvalue weighted by molar-refractivity contribution is 9.10. The Morgan fingerprint density at radius 2 is 1.97 bits per heavy atom. The van der Waals surface area contributed by atoms with Gasteiger partial charge in [0, 0.05) is 16.2 Å². The fraction of sp³-hybridized carbons (Fsp3) is 0.227. The van der Waals surface area contributed by atoms with Crippen LogP contribution in [0.15, 0.2) is 58.7 Å². The molecule has 3 rings (SSSR count). The minimum absolute atomic E-state index is 0.0652. The van der Waals surface area contributed by atoms with Gasteiger partial charge in [0.2, 0.25) is 5.91 Å². The molecule has 0 atom stereocenters. The third-order valence-electron chi connectivity index (χ3n) is 4.39. The van der Waals surface area contributed by atoms with Crippen molar-refractivity contribution in [3.8, 4) is 0 Å². The summed E-state index contributed by atoms with van der Waals surface area (Å²) < 4.78 is 5.73. The summed E-state index contributed by atoms with van der Waals surface area (Å²) in [4.78, 5) is 38.8. The number of nitrogens with one attached hydrogen (secondary N) is 2. The molecule has 0 aliphatic carbocycles. The van der Waals surface area contributed by atoms with Crippen molar-refractivity contribution in [1.82, 2.24) is 0 Å². The highest BCUT2D eigenvalue weighted by atomic mass is 79.9. The molecule has 2 N–H and O–H groups in total. The van der Waals surface area contributed by atoms with Gasteiger partial charge < -0.3 is 15.4 Å². The number of ether oxygens (including phenoxy) is 1. The van der Waals surface area contributed by atoms with Gasteiger partial charge in [-0.25, -0.2) is 0 Å². The molecule has 8 heteroatoms. The topological polar surface area (TPSA) is 87.7 Å². The van der Waals surface area contributed by atoms with Crippen molar-refractivity contribution in [3.05, 3.63) is 64.3 Å². The molecule has 0 fully saturated rings. The lowest BCUT2D eigenvalue weighted by Crippen LogP contribution is -2.37. The molecule has 0 unspecified atom stereocenters. The van der Waals surface area contributed by atoms with Crippen LogP contribution in [0.3, 0.4) is 0 Å². The van der Waals surface area contributed by atoms with Gasteiger partial charge in [0.05, 0.1) is 30.1 Å². The highest BCUT2D eigenvalue weighted by Gasteiger charge is 2.25. The number of carbonyl (C=O) groups is 3. The summed E-state index contributed by atoms with van der Waals surface area (Å²) in [5, 5.41) is 5.93. The maximum Gasteiger partial charge on any atom is 0.311 e. The van der Waals surface area contributed by atoms with Gasteiger partial charge in [0.1, 0.15) is 6.54 Å². The summed E-state index contributed by atoms with van der Waals surface area (Å²) in [5.41, 5.74) is 3.27. The molecule has 2 aromatic carbocycles. The zero-order valence-electron chi connectivity index (χ0n) is 16.7. The Kier molecular flexibility index (Phi) is 6.89. The second kappa shape index (κ2) is 9.58. The van der Waals surface area contributed by atoms with Gasteiger partial charge >= 0.3 is 5.97 Å². The number of para-hydroxylation sites is 2. The monoisotopic (exact) mass is 471 g/mol. The standard InChI is InChI=1S/C22H22BrN3O4/c1-3-30-22(29)12-15-11-21(28)26(19-7-5-4-6-18(19)24-15)13-20(27)25-17-9-8-14(2)10-16(17)23/h4-11,24H,3,12-13H2,1-2H3,(H,25,27). The normalized spacial score (nSPS) is 13.0. The first-order valence-electron chi connectivity index (χ1n) is 9.47. The van der Waals surface area contributed by atoms with Crippen LogP contribution < -0.4 is 15.5 Å². The summed E-state index contributed by atoms with van der Waals surface area (Å²) in [6, 6.07) is 12.7. The van der Waals surface area contributed by atoms with Crippen molar-refractivity contribution >= 4 is 50.8 Å². The number of esters is 1. The van der Waals surface area contributed by atoms with Crippen molar-refractivity contribution in [2.24, 2.45) is 0 Å². The lowest BCUT2D eigenvalue weighted by Gasteiger charge is -2.22. The summed E-state index contributed by atoms with van der Waals surface area (Å²) >= 11 is 3.44. The smallest absolute Gasteiger partial charge is 0.311 e. The van der Waals surface area contributed by atoms with Crippen molar-refractivity contribution < 1.29 is 19.1 Å². The molecule has 0 saturated carbocycles. The van der Waals surface area contributed by atoms with Crippen LogP contribution in [-0.2, 0) is 19.1 Å².